The quantitative estimate of drug-likeness (QED) is 0.0340. The lowest BCUT2D eigenvalue weighted by atomic mass is 9.96. The fourth-order valence-corrected chi connectivity index (χ4v) is 19.5. The molecule has 14 atom stereocenters. The van der Waals surface area contributed by atoms with E-state index in [-0.39, 0.29) is 13.2 Å². The lowest BCUT2D eigenvalue weighted by Gasteiger charge is -2.54. The van der Waals surface area contributed by atoms with Gasteiger partial charge in [-0.2, -0.15) is 0 Å². The van der Waals surface area contributed by atoms with Crippen LogP contribution in [0.2, 0.25) is 216 Å². The Morgan fingerprint density at radius 2 is 0.713 bits per heavy atom. The van der Waals surface area contributed by atoms with E-state index in [0.29, 0.717) is 6.61 Å². The summed E-state index contributed by atoms with van der Waals surface area (Å²) in [6, 6.07) is 0. The third-order valence-corrected chi connectivity index (χ3v) is 22.0. The summed E-state index contributed by atoms with van der Waals surface area (Å²) in [6.45, 7) is 72.9. The lowest BCUT2D eigenvalue weighted by Crippen LogP contribution is -2.70. The van der Waals surface area contributed by atoms with Gasteiger partial charge in [0.25, 0.3) is 0 Å². The fraction of sp³-hybridized carbons (Fsp3) is 0.981. The van der Waals surface area contributed by atoms with Crippen molar-refractivity contribution in [3.05, 3.63) is 0 Å². The molecular weight excluding hydrogens is 1200 g/mol. The van der Waals surface area contributed by atoms with E-state index < -0.39 is 177 Å². The Morgan fingerprint density at radius 3 is 1.09 bits per heavy atom. The molecule has 0 N–H and O–H groups in total. The zero-order chi connectivity index (χ0) is 62.4. The van der Waals surface area contributed by atoms with E-state index in [0.717, 1.165) is 0 Å². The maximum atomic E-state index is 7.83. The molecule has 0 saturated carbocycles. The van der Waals surface area contributed by atoms with Crippen molar-refractivity contribution in [3.8, 4) is 0 Å². The molecule has 0 amide bonds. The van der Waals surface area contributed by atoms with E-state index in [4.69, 9.17) is 72.5 Å². The van der Waals surface area contributed by atoms with Crippen LogP contribution in [0.15, 0.2) is 5.16 Å². The van der Waals surface area contributed by atoms with Crippen molar-refractivity contribution in [1.29, 1.82) is 0 Å². The standard InChI is InChI=1S/C52H123NO16Si11/c1-54-53-35-39(62-73(11,12)13)45(64-75(17,18)19)44(42(63-74(14,15)16)38-57-72(8,9)10)61-51-49(68-79(29,30)31)47(66-77(23,24)25)43(40(58-51)36-55-70(2,3)4)60-52-50(69-80(32,33)34)48(67-78(26,27)28)46(65-76(20,21)22)41(59-52)37-56-71(5,6)7/h35,39-52H,36-38H2,1-34H3/t39-,40+,41+,42+,43+,44+,45+,46+,47-,48-,49+,50+,51+,52-/m0/s1. The minimum atomic E-state index is -2.52. The molecule has 2 heterocycles. The second kappa shape index (κ2) is 29.7. The zero-order valence-corrected chi connectivity index (χ0v) is 68.3. The maximum absolute atomic E-state index is 7.83. The summed E-state index contributed by atoms with van der Waals surface area (Å²) >= 11 is 0. The van der Waals surface area contributed by atoms with E-state index >= 15 is 0 Å². The molecule has 2 saturated heterocycles. The van der Waals surface area contributed by atoms with Crippen LogP contribution in [0.3, 0.4) is 0 Å². The molecular formula is C52H123NO16Si11. The molecule has 0 bridgehead atoms. The molecule has 2 rings (SSSR count). The lowest BCUT2D eigenvalue weighted by molar-refractivity contribution is -0.359. The first kappa shape index (κ1) is 77.4. The summed E-state index contributed by atoms with van der Waals surface area (Å²) < 4.78 is 110. The molecule has 0 aromatic carbocycles. The van der Waals surface area contributed by atoms with Crippen molar-refractivity contribution < 1.29 is 72.5 Å². The summed E-state index contributed by atoms with van der Waals surface area (Å²) in [5.41, 5.74) is 0. The highest BCUT2D eigenvalue weighted by molar-refractivity contribution is 6.73. The average Bonchev–Trinajstić information content (AvgIpc) is 3.17. The van der Waals surface area contributed by atoms with E-state index in [1.807, 2.05) is 0 Å². The Morgan fingerprint density at radius 1 is 0.362 bits per heavy atom. The number of hydrogen-bond acceptors (Lipinski definition) is 17. The summed E-state index contributed by atoms with van der Waals surface area (Å²) in [5.74, 6) is 0. The summed E-state index contributed by atoms with van der Waals surface area (Å²) in [6.07, 6.45) is -8.81. The molecule has 0 unspecified atom stereocenters. The van der Waals surface area contributed by atoms with Gasteiger partial charge in [0.15, 0.2) is 104 Å². The van der Waals surface area contributed by atoms with Gasteiger partial charge in [-0.1, -0.05) is 5.16 Å². The van der Waals surface area contributed by atoms with E-state index in [2.05, 4.69) is 221 Å². The Labute approximate surface area is 501 Å². The Balaban J connectivity index is 3.33. The highest BCUT2D eigenvalue weighted by Gasteiger charge is 2.58. The summed E-state index contributed by atoms with van der Waals surface area (Å²) in [4.78, 5) is 5.40. The van der Waals surface area contributed by atoms with E-state index in [1.54, 1.807) is 6.21 Å². The minimum absolute atomic E-state index is 0.172. The van der Waals surface area contributed by atoms with Crippen LogP contribution in [-0.2, 0) is 72.5 Å². The molecule has 2 fully saturated rings. The van der Waals surface area contributed by atoms with Crippen LogP contribution in [0.25, 0.3) is 0 Å². The van der Waals surface area contributed by atoms with E-state index in [9.17, 15) is 0 Å². The molecule has 0 spiro atoms. The van der Waals surface area contributed by atoms with Crippen LogP contribution in [0.1, 0.15) is 0 Å². The van der Waals surface area contributed by atoms with Gasteiger partial charge in [-0.3, -0.25) is 0 Å². The van der Waals surface area contributed by atoms with Gasteiger partial charge in [0.1, 0.15) is 74.3 Å². The number of ether oxygens (including phenoxy) is 4. The van der Waals surface area contributed by atoms with Crippen molar-refractivity contribution in [1.82, 2.24) is 0 Å². The number of hydrogen-bond donors (Lipinski definition) is 0. The predicted molar refractivity (Wildman–Crippen MR) is 356 cm³/mol. The third kappa shape index (κ3) is 31.9. The normalized spacial score (nSPS) is 27.6. The third-order valence-electron chi connectivity index (χ3n) is 11.1. The summed E-state index contributed by atoms with van der Waals surface area (Å²) in [7, 11) is -24.0. The monoisotopic (exact) mass is 1330 g/mol. The molecule has 2 aliphatic heterocycles. The molecule has 0 aliphatic carbocycles. The first-order valence-electron chi connectivity index (χ1n) is 29.5. The SMILES string of the molecule is CON=C[C@H](O[Si](C)(C)C)[C@@H](O[Si](C)(C)C)[C@H](O[C@H]1O[C@H](CO[Si](C)(C)C)[C@@H](O[C@@H]2O[C@H](CO[Si](C)(C)C)[C@@H](O[Si](C)(C)C)[C@H](O[Si](C)(C)C)[C@H]2O[Si](C)(C)C)[C@H](O[Si](C)(C)C)[C@H]1O[Si](C)(C)C)[C@@H](CO[Si](C)(C)C)O[Si](C)(C)C. The highest BCUT2D eigenvalue weighted by Crippen LogP contribution is 2.41. The van der Waals surface area contributed by atoms with Gasteiger partial charge >= 0.3 is 0 Å². The average molecular weight is 1330 g/mol. The Hall–Kier alpha value is 1.26. The Kier molecular flexibility index (Phi) is 28.7. The van der Waals surface area contributed by atoms with Crippen LogP contribution in [0, 0.1) is 0 Å². The van der Waals surface area contributed by atoms with Gasteiger partial charge in [0.05, 0.1) is 32.1 Å². The largest absolute Gasteiger partial charge is 0.415 e. The number of nitrogens with zero attached hydrogens (tertiary/aromatic N) is 1. The molecule has 28 heteroatoms. The molecule has 0 aromatic heterocycles. The van der Waals surface area contributed by atoms with Crippen LogP contribution < -0.4 is 0 Å². The van der Waals surface area contributed by atoms with Crippen LogP contribution in [-0.4, -0.2) is 210 Å². The van der Waals surface area contributed by atoms with Gasteiger partial charge in [0, 0.05) is 0 Å². The molecule has 0 aromatic rings. The second-order valence-corrected chi connectivity index (χ2v) is 81.9. The maximum Gasteiger partial charge on any atom is 0.186 e. The molecule has 2 aliphatic rings. The second-order valence-electron chi connectivity index (χ2n) is 32.6. The first-order valence-corrected chi connectivity index (χ1v) is 66.9. The van der Waals surface area contributed by atoms with Crippen molar-refractivity contribution in [2.24, 2.45) is 5.16 Å². The van der Waals surface area contributed by atoms with Gasteiger partial charge in [-0.25, -0.2) is 0 Å². The minimum Gasteiger partial charge on any atom is -0.415 e. The van der Waals surface area contributed by atoms with Gasteiger partial charge in [-0.15, -0.1) is 0 Å². The fourth-order valence-electron chi connectivity index (χ4n) is 8.88. The predicted octanol–water partition coefficient (Wildman–Crippen LogP) is 13.2. The number of oxime groups is 1. The highest BCUT2D eigenvalue weighted by atomic mass is 28.4. The zero-order valence-electron chi connectivity index (χ0n) is 57.3. The summed E-state index contributed by atoms with van der Waals surface area (Å²) in [5, 5.41) is 4.36. The molecule has 476 valence electrons. The van der Waals surface area contributed by atoms with Crippen molar-refractivity contribution in [2.75, 3.05) is 26.9 Å². The Bertz CT molecular complexity index is 1860. The van der Waals surface area contributed by atoms with Crippen LogP contribution in [0.5, 0.6) is 0 Å². The molecule has 17 nitrogen and oxygen atoms in total. The van der Waals surface area contributed by atoms with Crippen LogP contribution in [0.4, 0.5) is 0 Å². The van der Waals surface area contributed by atoms with Crippen molar-refractivity contribution in [3.63, 3.8) is 0 Å². The van der Waals surface area contributed by atoms with Gasteiger partial charge < -0.3 is 72.5 Å². The molecule has 0 radical (unpaired) electrons. The topological polar surface area (TPSA) is 160 Å². The van der Waals surface area contributed by atoms with Crippen molar-refractivity contribution in [2.45, 2.75) is 302 Å². The number of rotatable bonds is 34. The van der Waals surface area contributed by atoms with E-state index in [1.165, 1.54) is 7.11 Å². The smallest absolute Gasteiger partial charge is 0.186 e. The van der Waals surface area contributed by atoms with Gasteiger partial charge in [-0.05, 0) is 216 Å². The molecule has 80 heavy (non-hydrogen) atoms. The van der Waals surface area contributed by atoms with Crippen LogP contribution >= 0.6 is 0 Å². The van der Waals surface area contributed by atoms with Crippen molar-refractivity contribution >= 4 is 97.7 Å². The first-order chi connectivity index (χ1) is 35.4. The van der Waals surface area contributed by atoms with Gasteiger partial charge in [0.2, 0.25) is 0 Å².